The summed E-state index contributed by atoms with van der Waals surface area (Å²) in [5.41, 5.74) is -0.0671. The highest BCUT2D eigenvalue weighted by Crippen LogP contribution is 2.14. The lowest BCUT2D eigenvalue weighted by atomic mass is 10.2. The first-order valence-corrected chi connectivity index (χ1v) is 4.94. The number of rotatable bonds is 5. The Morgan fingerprint density at radius 1 is 1.24 bits per heavy atom. The Morgan fingerprint density at radius 2 is 1.76 bits per heavy atom. The minimum absolute atomic E-state index is 0.0671. The molecule has 0 aliphatic heterocycles. The Morgan fingerprint density at radius 3 is 2.12 bits per heavy atom. The molecule has 1 rings (SSSR count). The molecule has 0 radical (unpaired) electrons. The fourth-order valence-corrected chi connectivity index (χ4v) is 0.889. The smallest absolute Gasteiger partial charge is 0.339 e. The summed E-state index contributed by atoms with van der Waals surface area (Å²) in [5, 5.41) is 17.3. The molecule has 1 aromatic rings. The summed E-state index contributed by atoms with van der Waals surface area (Å²) in [4.78, 5) is 10.3. The van der Waals surface area contributed by atoms with Crippen molar-refractivity contribution in [2.24, 2.45) is 0 Å². The Hall–Kier alpha value is -2.07. The average Bonchev–Trinajstić information content (AvgIpc) is 2.31. The van der Waals surface area contributed by atoms with Gasteiger partial charge in [0.25, 0.3) is 0 Å². The van der Waals surface area contributed by atoms with Crippen molar-refractivity contribution in [3.63, 3.8) is 0 Å². The van der Waals surface area contributed by atoms with Gasteiger partial charge in [-0.3, -0.25) is 0 Å². The second kappa shape index (κ2) is 9.18. The van der Waals surface area contributed by atoms with Gasteiger partial charge in [-0.25, -0.2) is 4.79 Å². The maximum atomic E-state index is 10.3. The molecule has 4 nitrogen and oxygen atoms in total. The number of carboxylic acids is 1. The maximum absolute atomic E-state index is 10.3. The molecule has 0 fully saturated rings. The molecule has 4 heteroatoms. The van der Waals surface area contributed by atoms with E-state index in [0.717, 1.165) is 0 Å². The van der Waals surface area contributed by atoms with Crippen molar-refractivity contribution in [2.75, 3.05) is 13.2 Å². The highest BCUT2D eigenvalue weighted by atomic mass is 16.5. The summed E-state index contributed by atoms with van der Waals surface area (Å²) < 4.78 is 4.90. The van der Waals surface area contributed by atoms with Crippen molar-refractivity contribution < 1.29 is 19.7 Å². The van der Waals surface area contributed by atoms with Crippen molar-refractivity contribution in [3.8, 4) is 5.75 Å². The van der Waals surface area contributed by atoms with E-state index in [1.165, 1.54) is 12.1 Å². The number of carbonyl (C=O) groups is 1. The van der Waals surface area contributed by atoms with Gasteiger partial charge in [0.15, 0.2) is 0 Å². The number of ether oxygens (including phenoxy) is 1. The molecule has 17 heavy (non-hydrogen) atoms. The van der Waals surface area contributed by atoms with E-state index in [9.17, 15) is 4.79 Å². The van der Waals surface area contributed by atoms with Crippen LogP contribution < -0.4 is 0 Å². The minimum Gasteiger partial charge on any atom is -0.507 e. The molecule has 0 amide bonds. The molecule has 0 bridgehead atoms. The molecule has 1 aromatic carbocycles. The van der Waals surface area contributed by atoms with Crippen LogP contribution in [0.2, 0.25) is 0 Å². The van der Waals surface area contributed by atoms with Gasteiger partial charge in [-0.2, -0.15) is 0 Å². The van der Waals surface area contributed by atoms with E-state index in [1.54, 1.807) is 24.3 Å². The molecule has 0 saturated carbocycles. The zero-order valence-corrected chi connectivity index (χ0v) is 9.50. The summed E-state index contributed by atoms with van der Waals surface area (Å²) in [6, 6.07) is 5.81. The fourth-order valence-electron chi connectivity index (χ4n) is 0.889. The number of hydrogen-bond acceptors (Lipinski definition) is 3. The van der Waals surface area contributed by atoms with Crippen LogP contribution in [0, 0.1) is 0 Å². The van der Waals surface area contributed by atoms with Crippen LogP contribution in [-0.2, 0) is 4.74 Å². The van der Waals surface area contributed by atoms with Crippen molar-refractivity contribution in [3.05, 3.63) is 55.1 Å². The largest absolute Gasteiger partial charge is 0.507 e. The number of carboxylic acid groups (broad SMARTS) is 1. The predicted molar refractivity (Wildman–Crippen MR) is 66.3 cm³/mol. The third-order valence-corrected chi connectivity index (χ3v) is 1.61. The number of benzene rings is 1. The zero-order valence-electron chi connectivity index (χ0n) is 9.50. The topological polar surface area (TPSA) is 66.8 Å². The van der Waals surface area contributed by atoms with E-state index in [2.05, 4.69) is 13.2 Å². The normalized spacial score (nSPS) is 8.71. The molecule has 0 saturated heterocycles. The summed E-state index contributed by atoms with van der Waals surface area (Å²) in [7, 11) is 0. The highest BCUT2D eigenvalue weighted by Gasteiger charge is 2.05. The molecule has 2 N–H and O–H groups in total. The summed E-state index contributed by atoms with van der Waals surface area (Å²) in [6.07, 6.45) is 3.42. The fraction of sp³-hybridized carbons (Fsp3) is 0.154. The molecule has 0 atom stereocenters. The van der Waals surface area contributed by atoms with Crippen molar-refractivity contribution in [1.82, 2.24) is 0 Å². The second-order valence-corrected chi connectivity index (χ2v) is 2.94. The van der Waals surface area contributed by atoms with Gasteiger partial charge in [0.2, 0.25) is 0 Å². The standard InChI is InChI=1S/C7H6O3.C6H10O/c8-6-4-2-1-3-5(6)7(9)10;1-3-5-7-6-4-2/h1-4,8H,(H,9,10);3-4H,1-2,5-6H2. The van der Waals surface area contributed by atoms with Gasteiger partial charge in [0.05, 0.1) is 13.2 Å². The van der Waals surface area contributed by atoms with Gasteiger partial charge in [-0.15, -0.1) is 13.2 Å². The second-order valence-electron chi connectivity index (χ2n) is 2.94. The Balaban J connectivity index is 0.000000325. The molecular weight excluding hydrogens is 220 g/mol. The van der Waals surface area contributed by atoms with Crippen molar-refractivity contribution >= 4 is 5.97 Å². The van der Waals surface area contributed by atoms with Crippen LogP contribution in [0.15, 0.2) is 49.6 Å². The van der Waals surface area contributed by atoms with E-state index in [-0.39, 0.29) is 11.3 Å². The van der Waals surface area contributed by atoms with Gasteiger partial charge in [-0.05, 0) is 12.1 Å². The Bertz CT molecular complexity index is 363. The predicted octanol–water partition coefficient (Wildman–Crippen LogP) is 2.47. The van der Waals surface area contributed by atoms with E-state index in [4.69, 9.17) is 14.9 Å². The number of para-hydroxylation sites is 1. The molecule has 0 aliphatic rings. The first kappa shape index (κ1) is 14.9. The summed E-state index contributed by atoms with van der Waals surface area (Å²) in [5.74, 6) is -1.31. The molecular formula is C13H16O4. The van der Waals surface area contributed by atoms with Crippen LogP contribution >= 0.6 is 0 Å². The average molecular weight is 236 g/mol. The van der Waals surface area contributed by atoms with E-state index in [0.29, 0.717) is 13.2 Å². The number of phenols is 1. The van der Waals surface area contributed by atoms with Gasteiger partial charge in [-0.1, -0.05) is 24.3 Å². The van der Waals surface area contributed by atoms with Crippen LogP contribution in [0.3, 0.4) is 0 Å². The van der Waals surface area contributed by atoms with Crippen molar-refractivity contribution in [2.45, 2.75) is 0 Å². The monoisotopic (exact) mass is 236 g/mol. The molecule has 0 spiro atoms. The quantitative estimate of drug-likeness (QED) is 0.608. The number of aromatic hydroxyl groups is 1. The lowest BCUT2D eigenvalue weighted by Crippen LogP contribution is -1.95. The van der Waals surface area contributed by atoms with Crippen LogP contribution in [0.25, 0.3) is 0 Å². The number of hydrogen-bond donors (Lipinski definition) is 2. The highest BCUT2D eigenvalue weighted by molar-refractivity contribution is 5.90. The van der Waals surface area contributed by atoms with Gasteiger partial charge < -0.3 is 14.9 Å². The maximum Gasteiger partial charge on any atom is 0.339 e. The van der Waals surface area contributed by atoms with E-state index in [1.807, 2.05) is 0 Å². The first-order valence-electron chi connectivity index (χ1n) is 4.94. The molecule has 0 aliphatic carbocycles. The SMILES string of the molecule is C=CCOCC=C.O=C(O)c1ccccc1O. The minimum atomic E-state index is -1.11. The van der Waals surface area contributed by atoms with Crippen molar-refractivity contribution in [1.29, 1.82) is 0 Å². The number of aromatic carboxylic acids is 1. The lowest BCUT2D eigenvalue weighted by molar-refractivity contribution is 0.0693. The van der Waals surface area contributed by atoms with Gasteiger partial charge in [0.1, 0.15) is 11.3 Å². The molecule has 0 unspecified atom stereocenters. The molecule has 0 aromatic heterocycles. The zero-order chi connectivity index (χ0) is 13.1. The Labute approximate surface area is 100 Å². The van der Waals surface area contributed by atoms with E-state index >= 15 is 0 Å². The molecule has 0 heterocycles. The summed E-state index contributed by atoms with van der Waals surface area (Å²) in [6.45, 7) is 8.18. The summed E-state index contributed by atoms with van der Waals surface area (Å²) >= 11 is 0. The first-order chi connectivity index (χ1) is 8.13. The lowest BCUT2D eigenvalue weighted by Gasteiger charge is -1.95. The third-order valence-electron chi connectivity index (χ3n) is 1.61. The third kappa shape index (κ3) is 6.92. The van der Waals surface area contributed by atoms with Crippen LogP contribution in [-0.4, -0.2) is 29.4 Å². The van der Waals surface area contributed by atoms with Gasteiger partial charge >= 0.3 is 5.97 Å². The Kier molecular flexibility index (Phi) is 8.06. The van der Waals surface area contributed by atoms with E-state index < -0.39 is 5.97 Å². The van der Waals surface area contributed by atoms with Crippen LogP contribution in [0.4, 0.5) is 0 Å². The van der Waals surface area contributed by atoms with Crippen LogP contribution in [0.5, 0.6) is 5.75 Å². The van der Waals surface area contributed by atoms with Gasteiger partial charge in [0, 0.05) is 0 Å². The molecule has 92 valence electrons. The van der Waals surface area contributed by atoms with Crippen LogP contribution in [0.1, 0.15) is 10.4 Å².